The van der Waals surface area contributed by atoms with Crippen LogP contribution in [0.4, 0.5) is 0 Å². The smallest absolute Gasteiger partial charge is 0.257 e. The molecule has 1 aromatic carbocycles. The van der Waals surface area contributed by atoms with Crippen molar-refractivity contribution in [1.29, 1.82) is 0 Å². The Labute approximate surface area is 132 Å². The van der Waals surface area contributed by atoms with Crippen molar-refractivity contribution in [2.24, 2.45) is 0 Å². The van der Waals surface area contributed by atoms with Gasteiger partial charge in [-0.15, -0.1) is 11.3 Å². The first-order chi connectivity index (χ1) is 10.0. The zero-order valence-electron chi connectivity index (χ0n) is 11.8. The first-order valence-electron chi connectivity index (χ1n) is 6.45. The monoisotopic (exact) mass is 325 g/mol. The van der Waals surface area contributed by atoms with Gasteiger partial charge in [0.05, 0.1) is 23.6 Å². The molecule has 0 aliphatic carbocycles. The number of carbonyl (C=O) groups is 1. The summed E-state index contributed by atoms with van der Waals surface area (Å²) in [5.41, 5.74) is 0.264. The van der Waals surface area contributed by atoms with Gasteiger partial charge in [0.15, 0.2) is 0 Å². The highest BCUT2D eigenvalue weighted by Crippen LogP contribution is 2.27. The van der Waals surface area contributed by atoms with E-state index in [0.717, 1.165) is 4.88 Å². The molecule has 0 fully saturated rings. The Balaban J connectivity index is 2.19. The van der Waals surface area contributed by atoms with Crippen molar-refractivity contribution < 1.29 is 14.6 Å². The fourth-order valence-corrected chi connectivity index (χ4v) is 3.04. The van der Waals surface area contributed by atoms with E-state index in [4.69, 9.17) is 16.3 Å². The summed E-state index contributed by atoms with van der Waals surface area (Å²) in [5, 5.41) is 9.96. The molecule has 1 amide bonds. The van der Waals surface area contributed by atoms with E-state index in [9.17, 15) is 9.90 Å². The van der Waals surface area contributed by atoms with Gasteiger partial charge in [0.25, 0.3) is 5.91 Å². The Bertz CT molecular complexity index is 642. The number of carbonyl (C=O) groups excluding carboxylic acids is 1. The number of phenols is 1. The zero-order valence-corrected chi connectivity index (χ0v) is 13.4. The summed E-state index contributed by atoms with van der Waals surface area (Å²) in [6, 6.07) is 8.37. The number of phenolic OH excluding ortho intramolecular Hbond substituents is 1. The summed E-state index contributed by atoms with van der Waals surface area (Å²) in [4.78, 5) is 15.2. The van der Waals surface area contributed by atoms with Gasteiger partial charge in [0.2, 0.25) is 0 Å². The average molecular weight is 326 g/mol. The minimum atomic E-state index is -0.220. The van der Waals surface area contributed by atoms with Crippen LogP contribution in [0.3, 0.4) is 0 Å². The van der Waals surface area contributed by atoms with Crippen molar-refractivity contribution in [3.8, 4) is 11.5 Å². The maximum atomic E-state index is 12.5. The average Bonchev–Trinajstić information content (AvgIpc) is 2.89. The Morgan fingerprint density at radius 1 is 1.38 bits per heavy atom. The van der Waals surface area contributed by atoms with Crippen molar-refractivity contribution in [2.75, 3.05) is 13.7 Å². The lowest BCUT2D eigenvalue weighted by Gasteiger charge is -2.20. The molecule has 4 nitrogen and oxygen atoms in total. The number of nitrogens with zero attached hydrogens (tertiary/aromatic N) is 1. The number of amides is 1. The summed E-state index contributed by atoms with van der Waals surface area (Å²) >= 11 is 7.35. The largest absolute Gasteiger partial charge is 0.507 e. The molecule has 1 heterocycles. The molecule has 6 heteroatoms. The molecular formula is C15H16ClNO3S. The van der Waals surface area contributed by atoms with Crippen LogP contribution in [0, 0.1) is 0 Å². The molecule has 0 aliphatic heterocycles. The Morgan fingerprint density at radius 3 is 2.67 bits per heavy atom. The number of ether oxygens (including phenoxy) is 1. The summed E-state index contributed by atoms with van der Waals surface area (Å²) in [5.74, 6) is 0.210. The van der Waals surface area contributed by atoms with Gasteiger partial charge in [0, 0.05) is 17.5 Å². The second kappa shape index (κ2) is 6.83. The van der Waals surface area contributed by atoms with Crippen LogP contribution in [0.25, 0.3) is 0 Å². The van der Waals surface area contributed by atoms with Gasteiger partial charge in [-0.3, -0.25) is 4.79 Å². The molecular weight excluding hydrogens is 310 g/mol. The SMILES string of the molecule is CCN(Cc1ccc(Cl)s1)C(=O)c1ccc(OC)cc1O. The number of benzene rings is 1. The highest BCUT2D eigenvalue weighted by atomic mass is 35.5. The molecule has 0 saturated carbocycles. The lowest BCUT2D eigenvalue weighted by Crippen LogP contribution is -2.30. The molecule has 0 radical (unpaired) electrons. The predicted molar refractivity (Wildman–Crippen MR) is 84.4 cm³/mol. The van der Waals surface area contributed by atoms with Crippen LogP contribution in [0.15, 0.2) is 30.3 Å². The zero-order chi connectivity index (χ0) is 15.4. The Kier molecular flexibility index (Phi) is 5.09. The number of rotatable bonds is 5. The van der Waals surface area contributed by atoms with E-state index in [-0.39, 0.29) is 17.2 Å². The fraction of sp³-hybridized carbons (Fsp3) is 0.267. The number of thiophene rings is 1. The molecule has 0 atom stereocenters. The van der Waals surface area contributed by atoms with Crippen molar-refractivity contribution in [1.82, 2.24) is 4.90 Å². The highest BCUT2D eigenvalue weighted by Gasteiger charge is 2.19. The van der Waals surface area contributed by atoms with Crippen molar-refractivity contribution in [3.05, 3.63) is 45.1 Å². The first-order valence-corrected chi connectivity index (χ1v) is 7.65. The molecule has 0 saturated heterocycles. The molecule has 112 valence electrons. The van der Waals surface area contributed by atoms with Gasteiger partial charge in [-0.1, -0.05) is 11.6 Å². The fourth-order valence-electron chi connectivity index (χ4n) is 1.94. The lowest BCUT2D eigenvalue weighted by atomic mass is 10.1. The van der Waals surface area contributed by atoms with E-state index >= 15 is 0 Å². The third-order valence-electron chi connectivity index (χ3n) is 3.08. The van der Waals surface area contributed by atoms with E-state index in [1.54, 1.807) is 17.0 Å². The topological polar surface area (TPSA) is 49.8 Å². The molecule has 0 bridgehead atoms. The molecule has 2 rings (SSSR count). The number of methoxy groups -OCH3 is 1. The van der Waals surface area contributed by atoms with E-state index in [0.29, 0.717) is 23.2 Å². The second-order valence-electron chi connectivity index (χ2n) is 4.41. The molecule has 21 heavy (non-hydrogen) atoms. The van der Waals surface area contributed by atoms with Crippen molar-refractivity contribution in [3.63, 3.8) is 0 Å². The normalized spacial score (nSPS) is 10.4. The van der Waals surface area contributed by atoms with E-state index in [1.807, 2.05) is 19.1 Å². The van der Waals surface area contributed by atoms with Gasteiger partial charge in [0.1, 0.15) is 11.5 Å². The van der Waals surface area contributed by atoms with E-state index < -0.39 is 0 Å². The quantitative estimate of drug-likeness (QED) is 0.910. The van der Waals surface area contributed by atoms with Gasteiger partial charge < -0.3 is 14.7 Å². The molecule has 2 aromatic rings. The minimum absolute atomic E-state index is 0.0815. The molecule has 1 N–H and O–H groups in total. The third-order valence-corrected chi connectivity index (χ3v) is 4.30. The molecule has 0 spiro atoms. The minimum Gasteiger partial charge on any atom is -0.507 e. The van der Waals surface area contributed by atoms with Gasteiger partial charge in [-0.05, 0) is 31.2 Å². The maximum Gasteiger partial charge on any atom is 0.257 e. The van der Waals surface area contributed by atoms with E-state index in [2.05, 4.69) is 0 Å². The van der Waals surface area contributed by atoms with Crippen LogP contribution >= 0.6 is 22.9 Å². The van der Waals surface area contributed by atoms with Crippen LogP contribution < -0.4 is 4.74 Å². The van der Waals surface area contributed by atoms with Crippen LogP contribution in [-0.4, -0.2) is 29.6 Å². The third kappa shape index (κ3) is 3.68. The van der Waals surface area contributed by atoms with Gasteiger partial charge >= 0.3 is 0 Å². The standard InChI is InChI=1S/C15H16ClNO3S/c1-3-17(9-11-5-7-14(16)21-11)15(19)12-6-4-10(20-2)8-13(12)18/h4-8,18H,3,9H2,1-2H3. The lowest BCUT2D eigenvalue weighted by molar-refractivity contribution is 0.0751. The van der Waals surface area contributed by atoms with Crippen molar-refractivity contribution in [2.45, 2.75) is 13.5 Å². The second-order valence-corrected chi connectivity index (χ2v) is 6.21. The molecule has 0 aliphatic rings. The van der Waals surface area contributed by atoms with Crippen LogP contribution in [0.5, 0.6) is 11.5 Å². The van der Waals surface area contributed by atoms with Gasteiger partial charge in [-0.25, -0.2) is 0 Å². The van der Waals surface area contributed by atoms with Crippen LogP contribution in [0.1, 0.15) is 22.2 Å². The number of hydrogen-bond donors (Lipinski definition) is 1. The van der Waals surface area contributed by atoms with Crippen molar-refractivity contribution >= 4 is 28.8 Å². The summed E-state index contributed by atoms with van der Waals surface area (Å²) in [6.45, 7) is 2.91. The maximum absolute atomic E-state index is 12.5. The highest BCUT2D eigenvalue weighted by molar-refractivity contribution is 7.16. The Hall–Kier alpha value is -1.72. The van der Waals surface area contributed by atoms with Gasteiger partial charge in [-0.2, -0.15) is 0 Å². The first kappa shape index (κ1) is 15.7. The summed E-state index contributed by atoms with van der Waals surface area (Å²) < 4.78 is 5.71. The number of hydrogen-bond acceptors (Lipinski definition) is 4. The Morgan fingerprint density at radius 2 is 2.14 bits per heavy atom. The summed E-state index contributed by atoms with van der Waals surface area (Å²) in [7, 11) is 1.51. The van der Waals surface area contributed by atoms with Crippen LogP contribution in [0.2, 0.25) is 4.34 Å². The molecule has 1 aromatic heterocycles. The summed E-state index contributed by atoms with van der Waals surface area (Å²) in [6.07, 6.45) is 0. The number of halogens is 1. The van der Waals surface area contributed by atoms with E-state index in [1.165, 1.54) is 24.5 Å². The molecule has 0 unspecified atom stereocenters. The number of aromatic hydroxyl groups is 1. The van der Waals surface area contributed by atoms with Crippen LogP contribution in [-0.2, 0) is 6.54 Å². The predicted octanol–water partition coefficient (Wildman–Crippen LogP) is 3.78.